The van der Waals surface area contributed by atoms with Crippen LogP contribution in [0.2, 0.25) is 0 Å². The summed E-state index contributed by atoms with van der Waals surface area (Å²) < 4.78 is 5.38. The molecule has 1 aromatic carbocycles. The number of rotatable bonds is 5. The van der Waals surface area contributed by atoms with E-state index in [2.05, 4.69) is 10.3 Å². The minimum Gasteiger partial charge on any atom is -0.484 e. The minimum absolute atomic E-state index is 0.0429. The summed E-state index contributed by atoms with van der Waals surface area (Å²) in [5.74, 6) is 0.167. The second kappa shape index (κ2) is 6.49. The number of benzene rings is 1. The molecule has 6 heteroatoms. The normalized spacial score (nSPS) is 10.2. The lowest BCUT2D eigenvalue weighted by Gasteiger charge is -2.06. The molecule has 1 aromatic heterocycles. The SMILES string of the molecule is CC(=O)c1cccc(OCC(=O)Nc2nc(C)c(C)s2)c1. The van der Waals surface area contributed by atoms with E-state index in [-0.39, 0.29) is 18.3 Å². The molecule has 0 aliphatic heterocycles. The second-order valence-electron chi connectivity index (χ2n) is 4.58. The summed E-state index contributed by atoms with van der Waals surface area (Å²) in [7, 11) is 0. The number of hydrogen-bond donors (Lipinski definition) is 1. The largest absolute Gasteiger partial charge is 0.484 e. The first kappa shape index (κ1) is 15.2. The van der Waals surface area contributed by atoms with Gasteiger partial charge in [0.15, 0.2) is 17.5 Å². The van der Waals surface area contributed by atoms with Crippen molar-refractivity contribution < 1.29 is 14.3 Å². The predicted molar refractivity (Wildman–Crippen MR) is 82.2 cm³/mol. The van der Waals surface area contributed by atoms with E-state index in [0.717, 1.165) is 10.6 Å². The van der Waals surface area contributed by atoms with Crippen molar-refractivity contribution in [1.29, 1.82) is 0 Å². The number of Topliss-reactive ketones (excluding diaryl/α,β-unsaturated/α-hetero) is 1. The van der Waals surface area contributed by atoms with Gasteiger partial charge in [-0.1, -0.05) is 12.1 Å². The lowest BCUT2D eigenvalue weighted by molar-refractivity contribution is -0.118. The van der Waals surface area contributed by atoms with E-state index in [1.807, 2.05) is 13.8 Å². The van der Waals surface area contributed by atoms with Crippen LogP contribution in [0, 0.1) is 13.8 Å². The van der Waals surface area contributed by atoms with Gasteiger partial charge in [0.1, 0.15) is 5.75 Å². The van der Waals surface area contributed by atoms with Gasteiger partial charge < -0.3 is 4.74 Å². The molecule has 0 saturated heterocycles. The standard InChI is InChI=1S/C15H16N2O3S/c1-9-11(3)21-15(16-9)17-14(19)8-20-13-6-4-5-12(7-13)10(2)18/h4-7H,8H2,1-3H3,(H,16,17,19). The smallest absolute Gasteiger partial charge is 0.264 e. The Morgan fingerprint density at radius 3 is 2.71 bits per heavy atom. The number of nitrogens with one attached hydrogen (secondary N) is 1. The predicted octanol–water partition coefficient (Wildman–Crippen LogP) is 2.98. The van der Waals surface area contributed by atoms with E-state index in [9.17, 15) is 9.59 Å². The second-order valence-corrected chi connectivity index (χ2v) is 5.78. The third kappa shape index (κ3) is 4.13. The minimum atomic E-state index is -0.281. The highest BCUT2D eigenvalue weighted by atomic mass is 32.1. The Hall–Kier alpha value is -2.21. The fourth-order valence-electron chi connectivity index (χ4n) is 1.64. The maximum absolute atomic E-state index is 11.8. The third-order valence-electron chi connectivity index (χ3n) is 2.89. The van der Waals surface area contributed by atoms with Gasteiger partial charge in [-0.05, 0) is 32.9 Å². The van der Waals surface area contributed by atoms with Gasteiger partial charge in [0.05, 0.1) is 5.69 Å². The molecule has 0 spiro atoms. The first-order chi connectivity index (χ1) is 9.95. The summed E-state index contributed by atoms with van der Waals surface area (Å²) in [5.41, 5.74) is 1.46. The number of carbonyl (C=O) groups excluding carboxylic acids is 2. The number of ether oxygens (including phenoxy) is 1. The fourth-order valence-corrected chi connectivity index (χ4v) is 2.47. The molecule has 0 atom stereocenters. The number of hydrogen-bond acceptors (Lipinski definition) is 5. The van der Waals surface area contributed by atoms with Gasteiger partial charge in [0.25, 0.3) is 5.91 Å². The molecule has 0 aliphatic carbocycles. The average Bonchev–Trinajstić information content (AvgIpc) is 2.75. The summed E-state index contributed by atoms with van der Waals surface area (Å²) in [5, 5.41) is 3.25. The topological polar surface area (TPSA) is 68.3 Å². The van der Waals surface area contributed by atoms with Crippen LogP contribution in [-0.4, -0.2) is 23.3 Å². The van der Waals surface area contributed by atoms with Crippen molar-refractivity contribution in [2.75, 3.05) is 11.9 Å². The van der Waals surface area contributed by atoms with Crippen LogP contribution in [0.15, 0.2) is 24.3 Å². The summed E-state index contributed by atoms with van der Waals surface area (Å²) in [6.45, 7) is 5.20. The van der Waals surface area contributed by atoms with Crippen LogP contribution in [0.4, 0.5) is 5.13 Å². The molecule has 0 aliphatic rings. The Morgan fingerprint density at radius 1 is 1.33 bits per heavy atom. The van der Waals surface area contributed by atoms with Crippen molar-refractivity contribution in [2.24, 2.45) is 0 Å². The maximum atomic E-state index is 11.8. The van der Waals surface area contributed by atoms with E-state index in [4.69, 9.17) is 4.74 Å². The first-order valence-corrected chi connectivity index (χ1v) is 7.25. The number of ketones is 1. The van der Waals surface area contributed by atoms with Crippen molar-refractivity contribution >= 4 is 28.2 Å². The van der Waals surface area contributed by atoms with E-state index in [1.165, 1.54) is 18.3 Å². The van der Waals surface area contributed by atoms with Gasteiger partial charge in [-0.25, -0.2) is 4.98 Å². The van der Waals surface area contributed by atoms with Gasteiger partial charge in [0.2, 0.25) is 0 Å². The van der Waals surface area contributed by atoms with Crippen molar-refractivity contribution in [3.05, 3.63) is 40.4 Å². The fraction of sp³-hybridized carbons (Fsp3) is 0.267. The van der Waals surface area contributed by atoms with Crippen molar-refractivity contribution in [3.63, 3.8) is 0 Å². The zero-order valence-electron chi connectivity index (χ0n) is 12.1. The van der Waals surface area contributed by atoms with Gasteiger partial charge in [-0.2, -0.15) is 0 Å². The lowest BCUT2D eigenvalue weighted by Crippen LogP contribution is -2.20. The van der Waals surface area contributed by atoms with Crippen LogP contribution in [0.3, 0.4) is 0 Å². The Bertz CT molecular complexity index is 660. The molecule has 2 rings (SSSR count). The highest BCUT2D eigenvalue weighted by Gasteiger charge is 2.09. The average molecular weight is 304 g/mol. The maximum Gasteiger partial charge on any atom is 0.264 e. The Morgan fingerprint density at radius 2 is 2.10 bits per heavy atom. The number of thiazole rings is 1. The van der Waals surface area contributed by atoms with Crippen LogP contribution in [0.25, 0.3) is 0 Å². The van der Waals surface area contributed by atoms with Crippen molar-refractivity contribution in [3.8, 4) is 5.75 Å². The number of carbonyl (C=O) groups is 2. The van der Waals surface area contributed by atoms with E-state index >= 15 is 0 Å². The van der Waals surface area contributed by atoms with E-state index in [0.29, 0.717) is 16.4 Å². The molecule has 0 fully saturated rings. The van der Waals surface area contributed by atoms with Crippen LogP contribution in [0.5, 0.6) is 5.75 Å². The molecule has 0 radical (unpaired) electrons. The molecule has 5 nitrogen and oxygen atoms in total. The third-order valence-corrected chi connectivity index (χ3v) is 3.87. The molecule has 1 N–H and O–H groups in total. The molecular weight excluding hydrogens is 288 g/mol. The number of aryl methyl sites for hydroxylation is 2. The highest BCUT2D eigenvalue weighted by molar-refractivity contribution is 7.15. The summed E-state index contributed by atoms with van der Waals surface area (Å²) in [6, 6.07) is 6.75. The molecule has 0 unspecified atom stereocenters. The van der Waals surface area contributed by atoms with Crippen LogP contribution in [0.1, 0.15) is 27.9 Å². The van der Waals surface area contributed by atoms with Crippen LogP contribution >= 0.6 is 11.3 Å². The van der Waals surface area contributed by atoms with Crippen molar-refractivity contribution in [2.45, 2.75) is 20.8 Å². The van der Waals surface area contributed by atoms with Gasteiger partial charge in [-0.3, -0.25) is 14.9 Å². The Labute approximate surface area is 127 Å². The van der Waals surface area contributed by atoms with Crippen molar-refractivity contribution in [1.82, 2.24) is 4.98 Å². The summed E-state index contributed by atoms with van der Waals surface area (Å²) in [6.07, 6.45) is 0. The van der Waals surface area contributed by atoms with Crippen LogP contribution < -0.4 is 10.1 Å². The van der Waals surface area contributed by atoms with Crippen LogP contribution in [-0.2, 0) is 4.79 Å². The molecule has 2 aromatic rings. The molecule has 21 heavy (non-hydrogen) atoms. The molecular formula is C15H16N2O3S. The Kier molecular flexibility index (Phi) is 4.70. The molecule has 110 valence electrons. The number of aromatic nitrogens is 1. The summed E-state index contributed by atoms with van der Waals surface area (Å²) >= 11 is 1.43. The monoisotopic (exact) mass is 304 g/mol. The summed E-state index contributed by atoms with van der Waals surface area (Å²) in [4.78, 5) is 28.4. The highest BCUT2D eigenvalue weighted by Crippen LogP contribution is 2.21. The Balaban J connectivity index is 1.92. The quantitative estimate of drug-likeness (QED) is 0.862. The van der Waals surface area contributed by atoms with E-state index < -0.39 is 0 Å². The van der Waals surface area contributed by atoms with Gasteiger partial charge in [-0.15, -0.1) is 11.3 Å². The lowest BCUT2D eigenvalue weighted by atomic mass is 10.1. The van der Waals surface area contributed by atoms with E-state index in [1.54, 1.807) is 24.3 Å². The number of nitrogens with zero attached hydrogens (tertiary/aromatic N) is 1. The zero-order valence-corrected chi connectivity index (χ0v) is 12.9. The molecule has 0 bridgehead atoms. The van der Waals surface area contributed by atoms with Gasteiger partial charge >= 0.3 is 0 Å². The first-order valence-electron chi connectivity index (χ1n) is 6.43. The van der Waals surface area contributed by atoms with Gasteiger partial charge in [0, 0.05) is 10.4 Å². The number of amides is 1. The molecule has 1 amide bonds. The number of anilines is 1. The molecule has 1 heterocycles. The zero-order chi connectivity index (χ0) is 15.4. The molecule has 0 saturated carbocycles.